The molecule has 0 bridgehead atoms. The number of benzene rings is 1. The summed E-state index contributed by atoms with van der Waals surface area (Å²) in [5.74, 6) is 1.93. The highest BCUT2D eigenvalue weighted by Crippen LogP contribution is 2.26. The van der Waals surface area contributed by atoms with Crippen LogP contribution >= 0.6 is 15.9 Å². The predicted octanol–water partition coefficient (Wildman–Crippen LogP) is 2.82. The minimum absolute atomic E-state index is 0.261. The van der Waals surface area contributed by atoms with Crippen LogP contribution in [0, 0.1) is 0 Å². The van der Waals surface area contributed by atoms with E-state index >= 15 is 0 Å². The van der Waals surface area contributed by atoms with E-state index in [1.54, 1.807) is 0 Å². The number of nitrogens with zero attached hydrogens (tertiary/aromatic N) is 2. The van der Waals surface area contributed by atoms with Crippen LogP contribution in [0.5, 0.6) is 5.75 Å². The Hall–Kier alpha value is -1.40. The van der Waals surface area contributed by atoms with Crippen molar-refractivity contribution in [3.63, 3.8) is 0 Å². The third-order valence-corrected chi connectivity index (χ3v) is 3.19. The van der Waals surface area contributed by atoms with Gasteiger partial charge >= 0.3 is 0 Å². The Morgan fingerprint density at radius 1 is 1.42 bits per heavy atom. The number of rotatable bonds is 6. The number of aryl methyl sites for hydroxylation is 1. The first kappa shape index (κ1) is 14.0. The molecule has 2 aromatic rings. The fourth-order valence-electron chi connectivity index (χ4n) is 1.60. The topological polar surface area (TPSA) is 74.2 Å². The molecule has 0 saturated heterocycles. The van der Waals surface area contributed by atoms with E-state index in [2.05, 4.69) is 33.0 Å². The first-order chi connectivity index (χ1) is 9.22. The molecular weight excluding hydrogens is 310 g/mol. The fraction of sp³-hybridized carbons (Fsp3) is 0.385. The molecule has 1 aromatic carbocycles. The molecule has 2 rings (SSSR count). The van der Waals surface area contributed by atoms with Gasteiger partial charge < -0.3 is 15.0 Å². The van der Waals surface area contributed by atoms with Crippen molar-refractivity contribution in [3.05, 3.63) is 40.0 Å². The zero-order valence-electron chi connectivity index (χ0n) is 10.7. The van der Waals surface area contributed by atoms with Gasteiger partial charge in [-0.2, -0.15) is 4.98 Å². The average molecular weight is 326 g/mol. The van der Waals surface area contributed by atoms with E-state index in [-0.39, 0.29) is 6.61 Å². The van der Waals surface area contributed by atoms with Crippen LogP contribution in [0.2, 0.25) is 0 Å². The molecule has 0 unspecified atom stereocenters. The van der Waals surface area contributed by atoms with Crippen LogP contribution in [-0.2, 0) is 19.6 Å². The second-order valence-corrected chi connectivity index (χ2v) is 4.97. The standard InChI is InChI=1S/C13H16BrN3O2/c1-2-3-12-16-13(19-17-12)8-18-11-5-4-9(7-15)6-10(11)14/h4-6H,2-3,7-8,15H2,1H3. The Morgan fingerprint density at radius 3 is 2.95 bits per heavy atom. The third kappa shape index (κ3) is 3.78. The van der Waals surface area contributed by atoms with E-state index in [1.165, 1.54) is 0 Å². The molecule has 0 aliphatic rings. The summed E-state index contributed by atoms with van der Waals surface area (Å²) < 4.78 is 11.6. The maximum atomic E-state index is 5.63. The third-order valence-electron chi connectivity index (χ3n) is 2.57. The van der Waals surface area contributed by atoms with Gasteiger partial charge in [0.1, 0.15) is 5.75 Å². The smallest absolute Gasteiger partial charge is 0.264 e. The highest BCUT2D eigenvalue weighted by Gasteiger charge is 2.08. The summed E-state index contributed by atoms with van der Waals surface area (Å²) in [6, 6.07) is 5.73. The Bertz CT molecular complexity index is 542. The molecule has 0 saturated carbocycles. The Kier molecular flexibility index (Phi) is 4.93. The number of hydrogen-bond donors (Lipinski definition) is 1. The molecular formula is C13H16BrN3O2. The summed E-state index contributed by atoms with van der Waals surface area (Å²) in [4.78, 5) is 4.24. The van der Waals surface area contributed by atoms with Crippen molar-refractivity contribution in [1.82, 2.24) is 10.1 Å². The molecule has 2 N–H and O–H groups in total. The van der Waals surface area contributed by atoms with Gasteiger partial charge in [-0.3, -0.25) is 0 Å². The lowest BCUT2D eigenvalue weighted by Crippen LogP contribution is -1.99. The average Bonchev–Trinajstić information content (AvgIpc) is 2.85. The summed E-state index contributed by atoms with van der Waals surface area (Å²) in [5.41, 5.74) is 6.61. The minimum Gasteiger partial charge on any atom is -0.483 e. The van der Waals surface area contributed by atoms with E-state index in [0.717, 1.165) is 34.5 Å². The van der Waals surface area contributed by atoms with E-state index in [4.69, 9.17) is 15.0 Å². The molecule has 0 radical (unpaired) electrons. The van der Waals surface area contributed by atoms with E-state index < -0.39 is 0 Å². The molecule has 102 valence electrons. The normalized spacial score (nSPS) is 10.7. The zero-order chi connectivity index (χ0) is 13.7. The molecule has 19 heavy (non-hydrogen) atoms. The van der Waals surface area contributed by atoms with E-state index in [0.29, 0.717) is 12.4 Å². The van der Waals surface area contributed by atoms with Gasteiger partial charge in [-0.1, -0.05) is 18.1 Å². The van der Waals surface area contributed by atoms with Gasteiger partial charge in [-0.05, 0) is 40.0 Å². The van der Waals surface area contributed by atoms with Crippen LogP contribution in [0.1, 0.15) is 30.6 Å². The largest absolute Gasteiger partial charge is 0.483 e. The van der Waals surface area contributed by atoms with Gasteiger partial charge in [0.05, 0.1) is 4.47 Å². The number of aromatic nitrogens is 2. The lowest BCUT2D eigenvalue weighted by atomic mass is 10.2. The fourth-order valence-corrected chi connectivity index (χ4v) is 2.14. The van der Waals surface area contributed by atoms with Gasteiger partial charge in [0.25, 0.3) is 5.89 Å². The van der Waals surface area contributed by atoms with Crippen molar-refractivity contribution in [2.75, 3.05) is 0 Å². The summed E-state index contributed by atoms with van der Waals surface area (Å²) in [6.07, 6.45) is 1.81. The molecule has 1 aromatic heterocycles. The Balaban J connectivity index is 1.97. The number of nitrogens with two attached hydrogens (primary N) is 1. The summed E-state index contributed by atoms with van der Waals surface area (Å²) in [6.45, 7) is 2.84. The van der Waals surface area contributed by atoms with Crippen molar-refractivity contribution in [2.24, 2.45) is 5.73 Å². The molecule has 0 atom stereocenters. The van der Waals surface area contributed by atoms with Gasteiger partial charge in [0.2, 0.25) is 0 Å². The van der Waals surface area contributed by atoms with Crippen molar-refractivity contribution in [3.8, 4) is 5.75 Å². The van der Waals surface area contributed by atoms with Crippen LogP contribution in [-0.4, -0.2) is 10.1 Å². The monoisotopic (exact) mass is 325 g/mol. The molecule has 1 heterocycles. The maximum Gasteiger partial charge on any atom is 0.264 e. The quantitative estimate of drug-likeness (QED) is 0.883. The van der Waals surface area contributed by atoms with E-state index in [9.17, 15) is 0 Å². The van der Waals surface area contributed by atoms with Gasteiger partial charge in [-0.25, -0.2) is 0 Å². The van der Waals surface area contributed by atoms with Crippen LogP contribution in [0.15, 0.2) is 27.2 Å². The van der Waals surface area contributed by atoms with Crippen molar-refractivity contribution < 1.29 is 9.26 Å². The van der Waals surface area contributed by atoms with Crippen LogP contribution in [0.25, 0.3) is 0 Å². The van der Waals surface area contributed by atoms with Crippen LogP contribution in [0.3, 0.4) is 0 Å². The van der Waals surface area contributed by atoms with Gasteiger partial charge in [0, 0.05) is 13.0 Å². The van der Waals surface area contributed by atoms with Gasteiger partial charge in [0.15, 0.2) is 12.4 Å². The summed E-state index contributed by atoms with van der Waals surface area (Å²) in [5, 5.41) is 3.87. The number of halogens is 1. The SMILES string of the molecule is CCCc1noc(COc2ccc(CN)cc2Br)n1. The number of ether oxygens (including phenoxy) is 1. The van der Waals surface area contributed by atoms with Crippen LogP contribution in [0.4, 0.5) is 0 Å². The molecule has 6 heteroatoms. The van der Waals surface area contributed by atoms with Crippen LogP contribution < -0.4 is 10.5 Å². The highest BCUT2D eigenvalue weighted by molar-refractivity contribution is 9.10. The molecule has 0 fully saturated rings. The minimum atomic E-state index is 0.261. The first-order valence-electron chi connectivity index (χ1n) is 6.15. The lowest BCUT2D eigenvalue weighted by Gasteiger charge is -2.07. The lowest BCUT2D eigenvalue weighted by molar-refractivity contribution is 0.241. The first-order valence-corrected chi connectivity index (χ1v) is 6.95. The molecule has 5 nitrogen and oxygen atoms in total. The molecule has 0 aliphatic carbocycles. The van der Waals surface area contributed by atoms with Gasteiger partial charge in [-0.15, -0.1) is 0 Å². The zero-order valence-corrected chi connectivity index (χ0v) is 12.3. The second-order valence-electron chi connectivity index (χ2n) is 4.11. The predicted molar refractivity (Wildman–Crippen MR) is 74.7 cm³/mol. The second kappa shape index (κ2) is 6.68. The molecule has 0 spiro atoms. The molecule has 0 amide bonds. The Labute approximate surface area is 120 Å². The molecule has 0 aliphatic heterocycles. The number of hydrogen-bond acceptors (Lipinski definition) is 5. The van der Waals surface area contributed by atoms with E-state index in [1.807, 2.05) is 18.2 Å². The van der Waals surface area contributed by atoms with Crippen molar-refractivity contribution in [2.45, 2.75) is 32.9 Å². The van der Waals surface area contributed by atoms with Crippen molar-refractivity contribution >= 4 is 15.9 Å². The van der Waals surface area contributed by atoms with Crippen molar-refractivity contribution in [1.29, 1.82) is 0 Å². The highest BCUT2D eigenvalue weighted by atomic mass is 79.9. The summed E-state index contributed by atoms with van der Waals surface area (Å²) in [7, 11) is 0. The Morgan fingerprint density at radius 2 is 2.26 bits per heavy atom. The summed E-state index contributed by atoms with van der Waals surface area (Å²) >= 11 is 3.44. The maximum absolute atomic E-state index is 5.63.